The molecule has 7 heteroatoms. The van der Waals surface area contributed by atoms with Gasteiger partial charge in [-0.05, 0) is 28.1 Å². The summed E-state index contributed by atoms with van der Waals surface area (Å²) in [7, 11) is 1.28. The number of hydrogen-bond acceptors (Lipinski definition) is 5. The Balaban J connectivity index is 2.24. The number of halogens is 2. The summed E-state index contributed by atoms with van der Waals surface area (Å²) >= 11 is 4.43. The lowest BCUT2D eigenvalue weighted by Crippen LogP contribution is -2.02. The predicted octanol–water partition coefficient (Wildman–Crippen LogP) is 3.57. The van der Waals surface area contributed by atoms with E-state index >= 15 is 0 Å². The monoisotopic (exact) mass is 330 g/mol. The van der Waals surface area contributed by atoms with E-state index in [4.69, 9.17) is 0 Å². The molecule has 0 atom stereocenters. The molecule has 0 fully saturated rings. The van der Waals surface area contributed by atoms with Crippen molar-refractivity contribution in [3.05, 3.63) is 39.6 Å². The molecule has 1 aromatic carbocycles. The number of anilines is 2. The minimum absolute atomic E-state index is 0.192. The standard InChI is InChI=1S/C11H8BrFN2O2S/c1-17-10(16)8-5-18-11(14-8)15-9-6(12)3-2-4-7(9)13/h2-5H,1H3,(H,14,15). The molecular weight excluding hydrogens is 323 g/mol. The van der Waals surface area contributed by atoms with Crippen molar-refractivity contribution in [2.24, 2.45) is 0 Å². The highest BCUT2D eigenvalue weighted by Gasteiger charge is 2.13. The molecule has 0 unspecified atom stereocenters. The number of para-hydroxylation sites is 1. The molecule has 0 spiro atoms. The first kappa shape index (κ1) is 13.0. The van der Waals surface area contributed by atoms with Crippen molar-refractivity contribution in [1.82, 2.24) is 4.98 Å². The van der Waals surface area contributed by atoms with Crippen LogP contribution in [0.3, 0.4) is 0 Å². The topological polar surface area (TPSA) is 51.2 Å². The smallest absolute Gasteiger partial charge is 0.357 e. The highest BCUT2D eigenvalue weighted by Crippen LogP contribution is 2.29. The molecule has 0 radical (unpaired) electrons. The number of rotatable bonds is 3. The van der Waals surface area contributed by atoms with Gasteiger partial charge in [0, 0.05) is 9.85 Å². The molecule has 0 saturated heterocycles. The minimum atomic E-state index is -0.521. The van der Waals surface area contributed by atoms with Crippen LogP contribution < -0.4 is 5.32 Å². The van der Waals surface area contributed by atoms with E-state index in [0.29, 0.717) is 9.60 Å². The van der Waals surface area contributed by atoms with Crippen molar-refractivity contribution in [3.8, 4) is 0 Å². The summed E-state index contributed by atoms with van der Waals surface area (Å²) in [6.45, 7) is 0. The molecule has 0 bridgehead atoms. The highest BCUT2D eigenvalue weighted by atomic mass is 79.9. The van der Waals surface area contributed by atoms with E-state index in [1.54, 1.807) is 17.5 Å². The maximum Gasteiger partial charge on any atom is 0.357 e. The molecular formula is C11H8BrFN2O2S. The van der Waals surface area contributed by atoms with E-state index in [0.717, 1.165) is 0 Å². The molecule has 2 rings (SSSR count). The van der Waals surface area contributed by atoms with Crippen LogP contribution in [0.25, 0.3) is 0 Å². The lowest BCUT2D eigenvalue weighted by molar-refractivity contribution is 0.0595. The minimum Gasteiger partial charge on any atom is -0.464 e. The number of nitrogens with one attached hydrogen (secondary N) is 1. The number of ether oxygens (including phenoxy) is 1. The van der Waals surface area contributed by atoms with Crippen LogP contribution in [0.15, 0.2) is 28.1 Å². The molecule has 18 heavy (non-hydrogen) atoms. The van der Waals surface area contributed by atoms with Crippen LogP contribution in [0.2, 0.25) is 0 Å². The fraction of sp³-hybridized carbons (Fsp3) is 0.0909. The first-order valence-corrected chi connectivity index (χ1v) is 6.54. The highest BCUT2D eigenvalue weighted by molar-refractivity contribution is 9.10. The van der Waals surface area contributed by atoms with Crippen LogP contribution in [-0.2, 0) is 4.74 Å². The molecule has 4 nitrogen and oxygen atoms in total. The molecule has 1 N–H and O–H groups in total. The number of methoxy groups -OCH3 is 1. The molecule has 0 aliphatic carbocycles. The third-order valence-corrected chi connectivity index (χ3v) is 3.51. The summed E-state index contributed by atoms with van der Waals surface area (Å²) in [6.07, 6.45) is 0. The molecule has 1 heterocycles. The zero-order chi connectivity index (χ0) is 13.1. The molecule has 0 amide bonds. The summed E-state index contributed by atoms with van der Waals surface area (Å²) < 4.78 is 18.7. The number of esters is 1. The number of nitrogens with zero attached hydrogens (tertiary/aromatic N) is 1. The van der Waals surface area contributed by atoms with Crippen LogP contribution in [0.5, 0.6) is 0 Å². The van der Waals surface area contributed by atoms with Gasteiger partial charge in [-0.25, -0.2) is 14.2 Å². The van der Waals surface area contributed by atoms with E-state index in [2.05, 4.69) is 31.0 Å². The molecule has 1 aromatic heterocycles. The Hall–Kier alpha value is -1.47. The van der Waals surface area contributed by atoms with Gasteiger partial charge in [0.25, 0.3) is 0 Å². The Morgan fingerprint density at radius 1 is 1.56 bits per heavy atom. The third kappa shape index (κ3) is 2.68. The van der Waals surface area contributed by atoms with E-state index in [9.17, 15) is 9.18 Å². The quantitative estimate of drug-likeness (QED) is 0.874. The van der Waals surface area contributed by atoms with E-state index in [1.165, 1.54) is 24.5 Å². The van der Waals surface area contributed by atoms with Gasteiger partial charge in [-0.15, -0.1) is 11.3 Å². The second-order valence-electron chi connectivity index (χ2n) is 3.25. The van der Waals surface area contributed by atoms with Crippen molar-refractivity contribution in [2.75, 3.05) is 12.4 Å². The fourth-order valence-corrected chi connectivity index (χ4v) is 2.38. The Labute approximate surface area is 115 Å². The second-order valence-corrected chi connectivity index (χ2v) is 4.96. The lowest BCUT2D eigenvalue weighted by atomic mass is 10.3. The second kappa shape index (κ2) is 5.45. The van der Waals surface area contributed by atoms with Crippen molar-refractivity contribution in [3.63, 3.8) is 0 Å². The third-order valence-electron chi connectivity index (χ3n) is 2.09. The van der Waals surface area contributed by atoms with Gasteiger partial charge in [-0.2, -0.15) is 0 Å². The van der Waals surface area contributed by atoms with Crippen molar-refractivity contribution in [1.29, 1.82) is 0 Å². The Kier molecular flexibility index (Phi) is 3.93. The van der Waals surface area contributed by atoms with Crippen LogP contribution in [0.1, 0.15) is 10.5 Å². The Morgan fingerprint density at radius 2 is 2.33 bits per heavy atom. The normalized spacial score (nSPS) is 10.2. The van der Waals surface area contributed by atoms with Crippen molar-refractivity contribution >= 4 is 44.1 Å². The summed E-state index contributed by atoms with van der Waals surface area (Å²) in [5, 5.41) is 4.78. The van der Waals surface area contributed by atoms with Gasteiger partial charge in [0.05, 0.1) is 12.8 Å². The summed E-state index contributed by atoms with van der Waals surface area (Å²) in [5.41, 5.74) is 0.473. The Morgan fingerprint density at radius 3 is 3.00 bits per heavy atom. The van der Waals surface area contributed by atoms with Gasteiger partial charge in [0.1, 0.15) is 5.82 Å². The summed E-state index contributed by atoms with van der Waals surface area (Å²) in [4.78, 5) is 15.2. The van der Waals surface area contributed by atoms with E-state index in [1.807, 2.05) is 0 Å². The van der Waals surface area contributed by atoms with Crippen molar-refractivity contribution in [2.45, 2.75) is 0 Å². The first-order chi connectivity index (χ1) is 8.61. The largest absolute Gasteiger partial charge is 0.464 e. The van der Waals surface area contributed by atoms with Gasteiger partial charge in [0.2, 0.25) is 0 Å². The summed E-state index contributed by atoms with van der Waals surface area (Å²) in [6, 6.07) is 4.63. The number of benzene rings is 1. The first-order valence-electron chi connectivity index (χ1n) is 4.86. The van der Waals surface area contributed by atoms with Crippen LogP contribution >= 0.6 is 27.3 Å². The van der Waals surface area contributed by atoms with E-state index < -0.39 is 11.8 Å². The van der Waals surface area contributed by atoms with Gasteiger partial charge in [0.15, 0.2) is 10.8 Å². The molecule has 0 aliphatic heterocycles. The van der Waals surface area contributed by atoms with Gasteiger partial charge >= 0.3 is 5.97 Å². The van der Waals surface area contributed by atoms with Crippen LogP contribution in [0, 0.1) is 5.82 Å². The molecule has 0 saturated carbocycles. The SMILES string of the molecule is COC(=O)c1csc(Nc2c(F)cccc2Br)n1. The Bertz CT molecular complexity index is 568. The maximum absolute atomic E-state index is 13.6. The van der Waals surface area contributed by atoms with Crippen molar-refractivity contribution < 1.29 is 13.9 Å². The van der Waals surface area contributed by atoms with Crippen LogP contribution in [-0.4, -0.2) is 18.1 Å². The zero-order valence-corrected chi connectivity index (χ0v) is 11.6. The number of hydrogen-bond donors (Lipinski definition) is 1. The average molecular weight is 331 g/mol. The number of aromatic nitrogens is 1. The van der Waals surface area contributed by atoms with Gasteiger partial charge in [-0.1, -0.05) is 6.07 Å². The predicted molar refractivity (Wildman–Crippen MR) is 70.8 cm³/mol. The lowest BCUT2D eigenvalue weighted by Gasteiger charge is -2.06. The molecule has 94 valence electrons. The number of carbonyl (C=O) groups excluding carboxylic acids is 1. The fourth-order valence-electron chi connectivity index (χ4n) is 1.25. The maximum atomic E-state index is 13.6. The molecule has 0 aliphatic rings. The van der Waals surface area contributed by atoms with Gasteiger partial charge in [-0.3, -0.25) is 0 Å². The van der Waals surface area contributed by atoms with Gasteiger partial charge < -0.3 is 10.1 Å². The zero-order valence-electron chi connectivity index (χ0n) is 9.24. The summed E-state index contributed by atoms with van der Waals surface area (Å²) in [5.74, 6) is -0.925. The van der Waals surface area contributed by atoms with Crippen LogP contribution in [0.4, 0.5) is 15.2 Å². The van der Waals surface area contributed by atoms with E-state index in [-0.39, 0.29) is 11.4 Å². The average Bonchev–Trinajstić information content (AvgIpc) is 2.81. The number of thiazole rings is 1. The molecule has 2 aromatic rings. The number of carbonyl (C=O) groups is 1.